The predicted octanol–water partition coefficient (Wildman–Crippen LogP) is 3.94. The monoisotopic (exact) mass is 458 g/mol. The first kappa shape index (κ1) is 25.2. The van der Waals surface area contributed by atoms with E-state index in [-0.39, 0.29) is 18.1 Å². The zero-order chi connectivity index (χ0) is 23.0. The number of piperazine rings is 1. The van der Waals surface area contributed by atoms with Gasteiger partial charge in [-0.05, 0) is 24.0 Å². The molecule has 0 unspecified atom stereocenters. The van der Waals surface area contributed by atoms with E-state index in [0.717, 1.165) is 22.3 Å². The van der Waals surface area contributed by atoms with Crippen LogP contribution in [0.5, 0.6) is 0 Å². The zero-order valence-electron chi connectivity index (χ0n) is 18.0. The molecular formula is C21H29F3N4O2S. The average Bonchev–Trinajstić information content (AvgIpc) is 2.78. The number of anilines is 2. The summed E-state index contributed by atoms with van der Waals surface area (Å²) in [6.07, 6.45) is -0.405. The molecule has 31 heavy (non-hydrogen) atoms. The van der Waals surface area contributed by atoms with E-state index in [0.29, 0.717) is 26.2 Å². The maximum absolute atomic E-state index is 13.2. The van der Waals surface area contributed by atoms with Gasteiger partial charge in [0.2, 0.25) is 5.95 Å². The van der Waals surface area contributed by atoms with Gasteiger partial charge in [0.15, 0.2) is 5.69 Å². The molecule has 1 saturated heterocycles. The zero-order valence-corrected chi connectivity index (χ0v) is 18.8. The van der Waals surface area contributed by atoms with Crippen molar-refractivity contribution in [2.24, 2.45) is 0 Å². The van der Waals surface area contributed by atoms with Crippen LogP contribution < -0.4 is 9.80 Å². The second-order valence-electron chi connectivity index (χ2n) is 7.04. The first-order valence-corrected chi connectivity index (χ1v) is 11.3. The normalized spacial score (nSPS) is 14.3. The molecule has 2 aromatic rings. The number of hydrogen-bond acceptors (Lipinski definition) is 7. The van der Waals surface area contributed by atoms with E-state index in [2.05, 4.69) is 28.7 Å². The van der Waals surface area contributed by atoms with Crippen LogP contribution in [0.15, 0.2) is 29.3 Å². The third kappa shape index (κ3) is 6.47. The third-order valence-corrected chi connectivity index (χ3v) is 5.48. The fourth-order valence-corrected chi connectivity index (χ4v) is 3.77. The van der Waals surface area contributed by atoms with Crippen LogP contribution in [0.4, 0.5) is 24.8 Å². The number of rotatable bonds is 5. The summed E-state index contributed by atoms with van der Waals surface area (Å²) in [4.78, 5) is 12.5. The van der Waals surface area contributed by atoms with E-state index in [1.807, 2.05) is 24.5 Å². The van der Waals surface area contributed by atoms with Gasteiger partial charge in [0, 0.05) is 48.5 Å². The van der Waals surface area contributed by atoms with Crippen molar-refractivity contribution in [1.82, 2.24) is 9.97 Å². The lowest BCUT2D eigenvalue weighted by molar-refractivity contribution is -0.142. The highest BCUT2D eigenvalue weighted by molar-refractivity contribution is 7.98. The minimum absolute atomic E-state index is 0.0182. The molecule has 10 heteroatoms. The highest BCUT2D eigenvalue weighted by atomic mass is 32.2. The fourth-order valence-electron chi connectivity index (χ4n) is 3.14. The van der Waals surface area contributed by atoms with Gasteiger partial charge in [0.05, 0.1) is 13.2 Å². The first-order valence-electron chi connectivity index (χ1n) is 10.1. The van der Waals surface area contributed by atoms with Crippen molar-refractivity contribution in [3.8, 4) is 0 Å². The number of thioether (sulfide) groups is 1. The predicted molar refractivity (Wildman–Crippen MR) is 117 cm³/mol. The Labute approximate surface area is 185 Å². The molecular weight excluding hydrogens is 429 g/mol. The summed E-state index contributed by atoms with van der Waals surface area (Å²) < 4.78 is 39.5. The number of benzene rings is 1. The molecule has 1 aliphatic heterocycles. The van der Waals surface area contributed by atoms with Crippen LogP contribution >= 0.6 is 11.8 Å². The number of aliphatic hydroxyl groups excluding tert-OH is 2. The summed E-state index contributed by atoms with van der Waals surface area (Å²) in [5, 5.41) is 18.5. The van der Waals surface area contributed by atoms with Gasteiger partial charge in [-0.3, -0.25) is 0 Å². The van der Waals surface area contributed by atoms with Crippen molar-refractivity contribution < 1.29 is 23.4 Å². The largest absolute Gasteiger partial charge is 0.433 e. The van der Waals surface area contributed by atoms with E-state index in [9.17, 15) is 18.3 Å². The minimum atomic E-state index is -4.64. The second kappa shape index (κ2) is 11.5. The molecule has 0 radical (unpaired) electrons. The van der Waals surface area contributed by atoms with E-state index in [1.165, 1.54) is 6.42 Å². The molecule has 2 heterocycles. The Morgan fingerprint density at radius 3 is 2.10 bits per heavy atom. The van der Waals surface area contributed by atoms with Gasteiger partial charge in [0.25, 0.3) is 0 Å². The van der Waals surface area contributed by atoms with E-state index >= 15 is 0 Å². The number of halogens is 3. The molecule has 0 spiro atoms. The van der Waals surface area contributed by atoms with Crippen LogP contribution in [0.2, 0.25) is 0 Å². The Bertz CT molecular complexity index is 844. The van der Waals surface area contributed by atoms with Crippen molar-refractivity contribution in [3.63, 3.8) is 0 Å². The lowest BCUT2D eigenvalue weighted by atomic mass is 10.2. The number of aromatic nitrogens is 2. The van der Waals surface area contributed by atoms with Gasteiger partial charge in [0.1, 0.15) is 0 Å². The fraction of sp³-hybridized carbons (Fsp3) is 0.524. The minimum Gasteiger partial charge on any atom is -0.392 e. The van der Waals surface area contributed by atoms with Gasteiger partial charge in [-0.15, -0.1) is 11.8 Å². The highest BCUT2D eigenvalue weighted by Crippen LogP contribution is 2.32. The molecule has 1 fully saturated rings. The maximum Gasteiger partial charge on any atom is 0.433 e. The summed E-state index contributed by atoms with van der Waals surface area (Å²) in [6, 6.07) is 5.84. The van der Waals surface area contributed by atoms with Gasteiger partial charge < -0.3 is 20.0 Å². The number of aliphatic hydroxyl groups is 2. The molecule has 3 rings (SSSR count). The van der Waals surface area contributed by atoms with Crippen molar-refractivity contribution in [2.75, 3.05) is 42.2 Å². The highest BCUT2D eigenvalue weighted by Gasteiger charge is 2.36. The Balaban J connectivity index is 0.00000107. The van der Waals surface area contributed by atoms with Gasteiger partial charge in [-0.1, -0.05) is 26.3 Å². The van der Waals surface area contributed by atoms with E-state index < -0.39 is 18.5 Å². The molecule has 1 aromatic carbocycles. The molecule has 1 aliphatic rings. The SMILES string of the molecule is CCC.CSc1cc(N2CCN(c3ncc(CO)c(C(F)(F)F)n3)CC2)ccc1CO. The van der Waals surface area contributed by atoms with Crippen LogP contribution in [-0.4, -0.2) is 52.6 Å². The van der Waals surface area contributed by atoms with Crippen molar-refractivity contribution in [2.45, 2.75) is 44.6 Å². The Morgan fingerprint density at radius 2 is 1.58 bits per heavy atom. The Hall–Kier alpha value is -2.04. The number of nitrogens with zero attached hydrogens (tertiary/aromatic N) is 4. The van der Waals surface area contributed by atoms with E-state index in [1.54, 1.807) is 16.7 Å². The molecule has 2 N–H and O–H groups in total. The smallest absolute Gasteiger partial charge is 0.392 e. The summed E-state index contributed by atoms with van der Waals surface area (Å²) in [6.45, 7) is 5.65. The first-order chi connectivity index (χ1) is 14.8. The topological polar surface area (TPSA) is 72.7 Å². The molecule has 6 nitrogen and oxygen atoms in total. The average molecular weight is 459 g/mol. The van der Waals surface area contributed by atoms with E-state index in [4.69, 9.17) is 5.11 Å². The summed E-state index contributed by atoms with van der Waals surface area (Å²) in [5.41, 5.74) is 0.454. The quantitative estimate of drug-likeness (QED) is 0.658. The van der Waals surface area contributed by atoms with Crippen molar-refractivity contribution in [1.29, 1.82) is 0 Å². The summed E-state index contributed by atoms with van der Waals surface area (Å²) >= 11 is 1.56. The summed E-state index contributed by atoms with van der Waals surface area (Å²) in [5.74, 6) is 0.0182. The summed E-state index contributed by atoms with van der Waals surface area (Å²) in [7, 11) is 0. The Kier molecular flexibility index (Phi) is 9.39. The van der Waals surface area contributed by atoms with Gasteiger partial charge in [-0.25, -0.2) is 9.97 Å². The number of hydrogen-bond donors (Lipinski definition) is 2. The molecule has 172 valence electrons. The molecule has 0 amide bonds. The Morgan fingerprint density at radius 1 is 1.00 bits per heavy atom. The number of alkyl halides is 3. The van der Waals surface area contributed by atoms with Gasteiger partial charge in [-0.2, -0.15) is 13.2 Å². The maximum atomic E-state index is 13.2. The second-order valence-corrected chi connectivity index (χ2v) is 7.88. The molecule has 0 saturated carbocycles. The lowest BCUT2D eigenvalue weighted by Gasteiger charge is -2.36. The van der Waals surface area contributed by atoms with Gasteiger partial charge >= 0.3 is 6.18 Å². The van der Waals surface area contributed by atoms with Crippen LogP contribution in [0, 0.1) is 0 Å². The third-order valence-electron chi connectivity index (χ3n) is 4.66. The van der Waals surface area contributed by atoms with Crippen molar-refractivity contribution >= 4 is 23.4 Å². The van der Waals surface area contributed by atoms with Crippen molar-refractivity contribution in [3.05, 3.63) is 41.2 Å². The molecule has 1 aromatic heterocycles. The van der Waals surface area contributed by atoms with Crippen LogP contribution in [0.3, 0.4) is 0 Å². The van der Waals surface area contributed by atoms with Crippen LogP contribution in [-0.2, 0) is 19.4 Å². The van der Waals surface area contributed by atoms with Crippen LogP contribution in [0.25, 0.3) is 0 Å². The molecule has 0 aliphatic carbocycles. The standard InChI is InChI=1S/C18H21F3N4O2S.C3H8/c1-28-15-8-14(3-2-12(15)10-26)24-4-6-25(7-5-24)17-22-9-13(11-27)16(23-17)18(19,20)21;1-3-2/h2-3,8-9,26-27H,4-7,10-11H2,1H3;3H2,1-2H3. The lowest BCUT2D eigenvalue weighted by Crippen LogP contribution is -2.47. The molecule has 0 bridgehead atoms. The molecule has 0 atom stereocenters. The van der Waals surface area contributed by atoms with Crippen LogP contribution in [0.1, 0.15) is 37.1 Å².